The first kappa shape index (κ1) is 31.8. The summed E-state index contributed by atoms with van der Waals surface area (Å²) in [5.41, 5.74) is 2.92. The topological polar surface area (TPSA) is 104 Å². The lowest BCUT2D eigenvalue weighted by Gasteiger charge is -2.19. The van der Waals surface area contributed by atoms with E-state index in [0.717, 1.165) is 11.1 Å². The van der Waals surface area contributed by atoms with Crippen molar-refractivity contribution in [3.63, 3.8) is 0 Å². The van der Waals surface area contributed by atoms with Crippen molar-refractivity contribution in [3.05, 3.63) is 95.7 Å². The van der Waals surface area contributed by atoms with Gasteiger partial charge in [0.2, 0.25) is 11.6 Å². The minimum atomic E-state index is -0.650. The third-order valence-electron chi connectivity index (χ3n) is 7.31. The van der Waals surface area contributed by atoms with Crippen LogP contribution in [0.25, 0.3) is 21.9 Å². The Morgan fingerprint density at radius 2 is 1.26 bits per heavy atom. The summed E-state index contributed by atoms with van der Waals surface area (Å²) in [7, 11) is 9.04. The van der Waals surface area contributed by atoms with Crippen molar-refractivity contribution in [2.24, 2.45) is 0 Å². The highest BCUT2D eigenvalue weighted by atomic mass is 16.5. The number of nitrogens with zero attached hydrogens (tertiary/aromatic N) is 1. The summed E-state index contributed by atoms with van der Waals surface area (Å²) in [6.45, 7) is 0.467. The first-order chi connectivity index (χ1) is 22.4. The number of carbonyl (C=O) groups is 1. The Bertz CT molecular complexity index is 1790. The molecule has 5 rings (SSSR count). The standard InChI is InChI=1S/C36H35NO9/c1-39-26-14-23(15-27(18-26)40-2)21-46-35-29-19-25(45-20-22-10-8-7-9-11-22)12-13-28(29)32(33(37-35)36(38)44-6)24-16-30(41-3)34(43-5)31(17-24)42-4/h7-19H,20-21H2,1-6H3. The largest absolute Gasteiger partial charge is 0.497 e. The zero-order valence-corrected chi connectivity index (χ0v) is 26.5. The van der Waals surface area contributed by atoms with Gasteiger partial charge in [0.25, 0.3) is 0 Å². The number of carbonyl (C=O) groups excluding carboxylic acids is 1. The first-order valence-electron chi connectivity index (χ1n) is 14.3. The number of fused-ring (bicyclic) bond motifs is 1. The molecule has 0 bridgehead atoms. The zero-order chi connectivity index (χ0) is 32.6. The van der Waals surface area contributed by atoms with E-state index in [9.17, 15) is 4.79 Å². The normalized spacial score (nSPS) is 10.7. The highest BCUT2D eigenvalue weighted by Gasteiger charge is 2.25. The molecule has 0 aliphatic rings. The predicted octanol–water partition coefficient (Wildman–Crippen LogP) is 6.89. The highest BCUT2D eigenvalue weighted by Crippen LogP contribution is 2.45. The van der Waals surface area contributed by atoms with Crippen LogP contribution in [0.4, 0.5) is 0 Å². The van der Waals surface area contributed by atoms with Crippen LogP contribution in [-0.4, -0.2) is 53.6 Å². The summed E-state index contributed by atoms with van der Waals surface area (Å²) in [5.74, 6) is 2.61. The van der Waals surface area contributed by atoms with E-state index in [2.05, 4.69) is 0 Å². The summed E-state index contributed by atoms with van der Waals surface area (Å²) >= 11 is 0. The lowest BCUT2D eigenvalue weighted by molar-refractivity contribution is 0.0594. The Kier molecular flexibility index (Phi) is 9.97. The van der Waals surface area contributed by atoms with Crippen LogP contribution >= 0.6 is 0 Å². The third kappa shape index (κ3) is 6.71. The number of esters is 1. The monoisotopic (exact) mass is 625 g/mol. The summed E-state index contributed by atoms with van der Waals surface area (Å²) in [6, 6.07) is 24.4. The van der Waals surface area contributed by atoms with Crippen LogP contribution < -0.4 is 33.2 Å². The van der Waals surface area contributed by atoms with Gasteiger partial charge in [0.15, 0.2) is 17.2 Å². The van der Waals surface area contributed by atoms with Crippen LogP contribution in [0, 0.1) is 0 Å². The average Bonchev–Trinajstić information content (AvgIpc) is 3.11. The van der Waals surface area contributed by atoms with E-state index in [0.29, 0.717) is 63.0 Å². The number of aromatic nitrogens is 1. The van der Waals surface area contributed by atoms with Gasteiger partial charge < -0.3 is 37.9 Å². The van der Waals surface area contributed by atoms with Crippen LogP contribution in [-0.2, 0) is 18.0 Å². The van der Waals surface area contributed by atoms with E-state index >= 15 is 0 Å². The summed E-state index contributed by atoms with van der Waals surface area (Å²) in [4.78, 5) is 18.1. The van der Waals surface area contributed by atoms with E-state index in [1.807, 2.05) is 60.7 Å². The number of ether oxygens (including phenoxy) is 8. The molecule has 10 nitrogen and oxygen atoms in total. The predicted molar refractivity (Wildman–Crippen MR) is 173 cm³/mol. The Balaban J connectivity index is 1.69. The van der Waals surface area contributed by atoms with Gasteiger partial charge in [0, 0.05) is 17.0 Å². The molecule has 0 radical (unpaired) electrons. The molecule has 1 aromatic heterocycles. The van der Waals surface area contributed by atoms with Crippen molar-refractivity contribution in [2.75, 3.05) is 42.7 Å². The van der Waals surface area contributed by atoms with Crippen molar-refractivity contribution >= 4 is 16.7 Å². The quantitative estimate of drug-likeness (QED) is 0.129. The van der Waals surface area contributed by atoms with E-state index in [-0.39, 0.29) is 18.2 Å². The number of methoxy groups -OCH3 is 6. The Labute approximate surface area is 267 Å². The summed E-state index contributed by atoms with van der Waals surface area (Å²) in [5, 5.41) is 1.27. The zero-order valence-electron chi connectivity index (χ0n) is 26.5. The lowest BCUT2D eigenvalue weighted by Crippen LogP contribution is -2.10. The lowest BCUT2D eigenvalue weighted by atomic mass is 9.96. The van der Waals surface area contributed by atoms with Gasteiger partial charge in [-0.05, 0) is 64.5 Å². The van der Waals surface area contributed by atoms with E-state index in [1.54, 1.807) is 32.4 Å². The second-order valence-corrected chi connectivity index (χ2v) is 10.0. The Morgan fingerprint density at radius 1 is 0.609 bits per heavy atom. The molecule has 0 saturated heterocycles. The Hall–Kier alpha value is -5.64. The fourth-order valence-corrected chi connectivity index (χ4v) is 5.07. The number of hydrogen-bond donors (Lipinski definition) is 0. The van der Waals surface area contributed by atoms with Crippen molar-refractivity contribution in [2.45, 2.75) is 13.2 Å². The molecule has 10 heteroatoms. The molecule has 0 saturated carbocycles. The van der Waals surface area contributed by atoms with Crippen LogP contribution in [0.1, 0.15) is 21.6 Å². The van der Waals surface area contributed by atoms with Gasteiger partial charge in [0.1, 0.15) is 30.5 Å². The van der Waals surface area contributed by atoms with Crippen LogP contribution in [0.5, 0.6) is 40.4 Å². The van der Waals surface area contributed by atoms with Crippen molar-refractivity contribution in [1.29, 1.82) is 0 Å². The number of hydrogen-bond acceptors (Lipinski definition) is 10. The summed E-state index contributed by atoms with van der Waals surface area (Å²) < 4.78 is 45.3. The summed E-state index contributed by atoms with van der Waals surface area (Å²) in [6.07, 6.45) is 0. The maximum atomic E-state index is 13.3. The third-order valence-corrected chi connectivity index (χ3v) is 7.31. The molecule has 0 fully saturated rings. The van der Waals surface area contributed by atoms with Crippen molar-refractivity contribution in [1.82, 2.24) is 4.98 Å². The molecule has 0 aliphatic carbocycles. The highest BCUT2D eigenvalue weighted by molar-refractivity contribution is 6.08. The van der Waals surface area contributed by atoms with Gasteiger partial charge in [-0.1, -0.05) is 30.3 Å². The molecule has 5 aromatic rings. The molecule has 0 unspecified atom stereocenters. The fourth-order valence-electron chi connectivity index (χ4n) is 5.07. The van der Waals surface area contributed by atoms with E-state index in [1.165, 1.54) is 28.4 Å². The molecule has 0 amide bonds. The fraction of sp³-hybridized carbons (Fsp3) is 0.222. The number of rotatable bonds is 13. The smallest absolute Gasteiger partial charge is 0.357 e. The molecule has 0 N–H and O–H groups in total. The minimum Gasteiger partial charge on any atom is -0.497 e. The number of benzene rings is 4. The van der Waals surface area contributed by atoms with E-state index < -0.39 is 5.97 Å². The van der Waals surface area contributed by atoms with Crippen molar-refractivity contribution < 1.29 is 42.7 Å². The molecule has 1 heterocycles. The molecular weight excluding hydrogens is 590 g/mol. The van der Waals surface area contributed by atoms with Gasteiger partial charge in [-0.2, -0.15) is 0 Å². The SMILES string of the molecule is COC(=O)c1nc(OCc2cc(OC)cc(OC)c2)c2cc(OCc3ccccc3)ccc2c1-c1cc(OC)c(OC)c(OC)c1. The maximum absolute atomic E-state index is 13.3. The first-order valence-corrected chi connectivity index (χ1v) is 14.3. The van der Waals surface area contributed by atoms with Gasteiger partial charge in [-0.15, -0.1) is 0 Å². The second kappa shape index (κ2) is 14.4. The molecule has 4 aromatic carbocycles. The van der Waals surface area contributed by atoms with Gasteiger partial charge in [-0.3, -0.25) is 0 Å². The molecule has 238 valence electrons. The second-order valence-electron chi connectivity index (χ2n) is 10.0. The van der Waals surface area contributed by atoms with E-state index in [4.69, 9.17) is 42.9 Å². The van der Waals surface area contributed by atoms with Crippen LogP contribution in [0.15, 0.2) is 78.9 Å². The molecular formula is C36H35NO9. The van der Waals surface area contributed by atoms with Crippen LogP contribution in [0.2, 0.25) is 0 Å². The van der Waals surface area contributed by atoms with Crippen molar-refractivity contribution in [3.8, 4) is 51.5 Å². The van der Waals surface area contributed by atoms with Gasteiger partial charge in [-0.25, -0.2) is 9.78 Å². The van der Waals surface area contributed by atoms with Crippen LogP contribution in [0.3, 0.4) is 0 Å². The Morgan fingerprint density at radius 3 is 1.85 bits per heavy atom. The molecule has 0 atom stereocenters. The molecule has 46 heavy (non-hydrogen) atoms. The van der Waals surface area contributed by atoms with Gasteiger partial charge in [0.05, 0.1) is 42.7 Å². The average molecular weight is 626 g/mol. The number of pyridine rings is 1. The maximum Gasteiger partial charge on any atom is 0.357 e. The molecule has 0 spiro atoms. The minimum absolute atomic E-state index is 0.0421. The molecule has 0 aliphatic heterocycles. The van der Waals surface area contributed by atoms with Gasteiger partial charge >= 0.3 is 5.97 Å².